The largest absolute Gasteiger partial charge is 0.441 e. The van der Waals surface area contributed by atoms with Crippen molar-refractivity contribution >= 4 is 22.9 Å². The first-order chi connectivity index (χ1) is 15.0. The molecule has 0 bridgehead atoms. The number of nitrogens with zero attached hydrogens (tertiary/aromatic N) is 1. The quantitative estimate of drug-likeness (QED) is 0.641. The van der Waals surface area contributed by atoms with E-state index in [0.717, 1.165) is 48.7 Å². The Morgan fingerprint density at radius 3 is 2.65 bits per heavy atom. The molecule has 1 saturated heterocycles. The maximum Gasteiger partial charge on any atom is 0.286 e. The van der Waals surface area contributed by atoms with Crippen LogP contribution in [0.15, 0.2) is 28.7 Å². The third-order valence-electron chi connectivity index (χ3n) is 5.52. The van der Waals surface area contributed by atoms with Crippen LogP contribution in [0.4, 0.5) is 9.18 Å². The molecule has 3 atom stereocenters. The molecule has 0 radical (unpaired) electrons. The number of amides is 2. The standard InChI is InChI=1S/C22H25FN2O5S/c1-13-18(24-21(30-13)14-5-7-15(23)8-6-14)12-29-17-4-2-3-16(11-17)28-10-9-19-20(26)25-22(27)31-19/h5-8,16-17,19H,2-4,9-12H2,1H3,(H,25,26,27)/t16-,17+,19?/m0/s1. The Morgan fingerprint density at radius 1 is 1.19 bits per heavy atom. The molecule has 1 aliphatic carbocycles. The summed E-state index contributed by atoms with van der Waals surface area (Å²) in [5.74, 6) is 0.605. The summed E-state index contributed by atoms with van der Waals surface area (Å²) in [5.41, 5.74) is 1.45. The summed E-state index contributed by atoms with van der Waals surface area (Å²) in [5, 5.41) is 1.65. The number of hydrogen-bond acceptors (Lipinski definition) is 7. The van der Waals surface area contributed by atoms with Crippen LogP contribution in [0.3, 0.4) is 0 Å². The van der Waals surface area contributed by atoms with Crippen LogP contribution in [0.5, 0.6) is 0 Å². The smallest absolute Gasteiger partial charge is 0.286 e. The van der Waals surface area contributed by atoms with Gasteiger partial charge in [-0.3, -0.25) is 14.9 Å². The first kappa shape index (κ1) is 22.0. The van der Waals surface area contributed by atoms with Crippen LogP contribution in [-0.4, -0.2) is 40.2 Å². The zero-order chi connectivity index (χ0) is 21.8. The van der Waals surface area contributed by atoms with Crippen LogP contribution >= 0.6 is 11.8 Å². The lowest BCUT2D eigenvalue weighted by atomic mass is 9.95. The number of rotatable bonds is 8. The van der Waals surface area contributed by atoms with Gasteiger partial charge in [-0.05, 0) is 63.3 Å². The van der Waals surface area contributed by atoms with Gasteiger partial charge in [-0.25, -0.2) is 9.37 Å². The van der Waals surface area contributed by atoms with Gasteiger partial charge in [0.25, 0.3) is 5.24 Å². The van der Waals surface area contributed by atoms with Crippen molar-refractivity contribution in [3.8, 4) is 11.5 Å². The fourth-order valence-corrected chi connectivity index (χ4v) is 4.60. The average molecular weight is 449 g/mol. The van der Waals surface area contributed by atoms with E-state index >= 15 is 0 Å². The van der Waals surface area contributed by atoms with E-state index in [1.165, 1.54) is 12.1 Å². The number of hydrogen-bond donors (Lipinski definition) is 1. The molecule has 31 heavy (non-hydrogen) atoms. The summed E-state index contributed by atoms with van der Waals surface area (Å²) in [6.07, 6.45) is 4.37. The third-order valence-corrected chi connectivity index (χ3v) is 6.57. The molecule has 2 amide bonds. The Kier molecular flexibility index (Phi) is 7.04. The molecule has 2 heterocycles. The zero-order valence-corrected chi connectivity index (χ0v) is 18.1. The highest BCUT2D eigenvalue weighted by atomic mass is 32.2. The minimum Gasteiger partial charge on any atom is -0.441 e. The van der Waals surface area contributed by atoms with E-state index < -0.39 is 0 Å². The van der Waals surface area contributed by atoms with E-state index in [9.17, 15) is 14.0 Å². The number of imide groups is 1. The van der Waals surface area contributed by atoms with Crippen LogP contribution < -0.4 is 5.32 Å². The van der Waals surface area contributed by atoms with E-state index in [4.69, 9.17) is 13.9 Å². The van der Waals surface area contributed by atoms with Crippen LogP contribution in [0.25, 0.3) is 11.5 Å². The number of ether oxygens (including phenoxy) is 2. The van der Waals surface area contributed by atoms with Gasteiger partial charge in [0.15, 0.2) is 0 Å². The number of carbonyl (C=O) groups excluding carboxylic acids is 2. The number of thioether (sulfide) groups is 1. The third kappa shape index (κ3) is 5.72. The van der Waals surface area contributed by atoms with Gasteiger partial charge in [-0.15, -0.1) is 0 Å². The summed E-state index contributed by atoms with van der Waals surface area (Å²) < 4.78 is 30.9. The SMILES string of the molecule is Cc1oc(-c2ccc(F)cc2)nc1CO[C@@H]1CCC[C@H](OCCC2SC(=O)NC2=O)C1. The Morgan fingerprint density at radius 2 is 1.94 bits per heavy atom. The highest BCUT2D eigenvalue weighted by Crippen LogP contribution is 2.28. The molecule has 1 saturated carbocycles. The molecule has 2 aliphatic rings. The van der Waals surface area contributed by atoms with Crippen LogP contribution in [-0.2, 0) is 20.9 Å². The normalized spacial score (nSPS) is 23.9. The van der Waals surface area contributed by atoms with Gasteiger partial charge >= 0.3 is 0 Å². The van der Waals surface area contributed by atoms with Crippen molar-refractivity contribution in [2.75, 3.05) is 6.61 Å². The molecule has 1 aliphatic heterocycles. The zero-order valence-electron chi connectivity index (χ0n) is 17.3. The summed E-state index contributed by atoms with van der Waals surface area (Å²) >= 11 is 1.03. The topological polar surface area (TPSA) is 90.7 Å². The summed E-state index contributed by atoms with van der Waals surface area (Å²) in [7, 11) is 0. The minimum absolute atomic E-state index is 0.0647. The molecule has 2 aromatic rings. The second-order valence-corrected chi connectivity index (χ2v) is 8.97. The number of aromatic nitrogens is 1. The van der Waals surface area contributed by atoms with Gasteiger partial charge in [0.1, 0.15) is 17.3 Å². The summed E-state index contributed by atoms with van der Waals surface area (Å²) in [6, 6.07) is 6.03. The molecule has 9 heteroatoms. The van der Waals surface area contributed by atoms with E-state index in [0.29, 0.717) is 31.3 Å². The van der Waals surface area contributed by atoms with Gasteiger partial charge in [0.2, 0.25) is 11.8 Å². The maximum absolute atomic E-state index is 13.1. The molecule has 1 aromatic carbocycles. The van der Waals surface area contributed by atoms with Gasteiger partial charge in [-0.2, -0.15) is 0 Å². The maximum atomic E-state index is 13.1. The van der Waals surface area contributed by atoms with Crippen molar-refractivity contribution < 1.29 is 27.9 Å². The number of halogens is 1. The molecule has 4 rings (SSSR count). The number of aryl methyl sites for hydroxylation is 1. The van der Waals surface area contributed by atoms with Gasteiger partial charge in [0, 0.05) is 12.2 Å². The van der Waals surface area contributed by atoms with E-state index in [-0.39, 0.29) is 34.4 Å². The molecule has 7 nitrogen and oxygen atoms in total. The molecule has 0 spiro atoms. The van der Waals surface area contributed by atoms with E-state index in [2.05, 4.69) is 10.3 Å². The van der Waals surface area contributed by atoms with E-state index in [1.54, 1.807) is 12.1 Å². The summed E-state index contributed by atoms with van der Waals surface area (Å²) in [6.45, 7) is 2.63. The second kappa shape index (κ2) is 9.93. The predicted molar refractivity (Wildman–Crippen MR) is 113 cm³/mol. The lowest BCUT2D eigenvalue weighted by Gasteiger charge is -2.29. The van der Waals surface area contributed by atoms with Crippen molar-refractivity contribution in [3.63, 3.8) is 0 Å². The number of benzene rings is 1. The molecule has 2 fully saturated rings. The Labute approximate surface area is 184 Å². The van der Waals surface area contributed by atoms with Crippen LogP contribution in [0.1, 0.15) is 43.6 Å². The molecule has 1 unspecified atom stereocenters. The second-order valence-electron chi connectivity index (χ2n) is 7.79. The molecular formula is C22H25FN2O5S. The number of nitrogens with one attached hydrogen (secondary N) is 1. The predicted octanol–water partition coefficient (Wildman–Crippen LogP) is 4.38. The molecule has 1 N–H and O–H groups in total. The van der Waals surface area contributed by atoms with Crippen molar-refractivity contribution in [3.05, 3.63) is 41.5 Å². The average Bonchev–Trinajstić information content (AvgIpc) is 3.28. The van der Waals surface area contributed by atoms with Gasteiger partial charge < -0.3 is 13.9 Å². The first-order valence-electron chi connectivity index (χ1n) is 10.4. The molecule has 1 aromatic heterocycles. The Hall–Kier alpha value is -2.23. The highest BCUT2D eigenvalue weighted by molar-refractivity contribution is 8.15. The van der Waals surface area contributed by atoms with Crippen molar-refractivity contribution in [1.82, 2.24) is 10.3 Å². The Balaban J connectivity index is 1.24. The molecule has 166 valence electrons. The van der Waals surface area contributed by atoms with Crippen LogP contribution in [0, 0.1) is 12.7 Å². The lowest BCUT2D eigenvalue weighted by Crippen LogP contribution is -2.30. The van der Waals surface area contributed by atoms with Gasteiger partial charge in [0.05, 0.1) is 24.1 Å². The fraction of sp³-hybridized carbons (Fsp3) is 0.500. The van der Waals surface area contributed by atoms with Crippen LogP contribution in [0.2, 0.25) is 0 Å². The number of carbonyl (C=O) groups is 2. The first-order valence-corrected chi connectivity index (χ1v) is 11.3. The highest BCUT2D eigenvalue weighted by Gasteiger charge is 2.31. The van der Waals surface area contributed by atoms with Crippen molar-refractivity contribution in [2.45, 2.75) is 63.1 Å². The lowest BCUT2D eigenvalue weighted by molar-refractivity contribution is -0.119. The summed E-state index contributed by atoms with van der Waals surface area (Å²) in [4.78, 5) is 27.3. The number of oxazole rings is 1. The van der Waals surface area contributed by atoms with Gasteiger partial charge in [-0.1, -0.05) is 11.8 Å². The fourth-order valence-electron chi connectivity index (χ4n) is 3.80. The monoisotopic (exact) mass is 448 g/mol. The molecular weight excluding hydrogens is 423 g/mol. The van der Waals surface area contributed by atoms with E-state index in [1.807, 2.05) is 6.92 Å². The van der Waals surface area contributed by atoms with Crippen molar-refractivity contribution in [1.29, 1.82) is 0 Å². The van der Waals surface area contributed by atoms with Crippen molar-refractivity contribution in [2.24, 2.45) is 0 Å². The Bertz CT molecular complexity index is 932. The minimum atomic E-state index is -0.353.